The Morgan fingerprint density at radius 2 is 2.12 bits per heavy atom. The summed E-state index contributed by atoms with van der Waals surface area (Å²) in [5, 5.41) is 6.83. The number of alkyl halides is 3. The molecule has 1 aromatic heterocycles. The first-order valence-electron chi connectivity index (χ1n) is 3.86. The smallest absolute Gasteiger partial charge is 0.320 e. The van der Waals surface area contributed by atoms with Gasteiger partial charge >= 0.3 is 6.18 Å². The van der Waals surface area contributed by atoms with Crippen LogP contribution in [0.25, 0.3) is 0 Å². The third-order valence-corrected chi connectivity index (χ3v) is 1.40. The molecule has 0 saturated heterocycles. The van der Waals surface area contributed by atoms with Crippen LogP contribution in [0.15, 0.2) is 0 Å². The van der Waals surface area contributed by atoms with Crippen molar-refractivity contribution in [1.82, 2.24) is 15.2 Å². The van der Waals surface area contributed by atoms with Crippen LogP contribution in [0.1, 0.15) is 12.7 Å². The molecule has 0 aliphatic carbocycles. The molecule has 0 aromatic carbocycles. The molecule has 10 heteroatoms. The Bertz CT molecular complexity index is 363. The Morgan fingerprint density at radius 3 is 2.50 bits per heavy atom. The molecule has 1 atom stereocenters. The molecule has 0 spiro atoms. The molecule has 0 saturated carbocycles. The summed E-state index contributed by atoms with van der Waals surface area (Å²) in [6, 6.07) is -0.849. The van der Waals surface area contributed by atoms with Crippen LogP contribution >= 0.6 is 12.4 Å². The third kappa shape index (κ3) is 3.66. The maximum atomic E-state index is 12.0. The van der Waals surface area contributed by atoms with E-state index in [2.05, 4.69) is 10.1 Å². The molecule has 1 aromatic rings. The monoisotopic (exact) mass is 259 g/mol. The normalized spacial score (nSPS) is 12.8. The molecule has 6 nitrogen and oxygen atoms in total. The number of rotatable bonds is 2. The van der Waals surface area contributed by atoms with E-state index in [-0.39, 0.29) is 12.4 Å². The molecular weight excluding hydrogens is 251 g/mol. The molecule has 0 unspecified atom stereocenters. The summed E-state index contributed by atoms with van der Waals surface area (Å²) in [6.07, 6.45) is -4.62. The number of nitrogens with zero attached hydrogens (tertiary/aromatic N) is 2. The SMILES string of the molecule is C[C@@H](N)C(=O)Nc1n[nH]c(C(F)(F)F)n1.Cl. The van der Waals surface area contributed by atoms with Gasteiger partial charge in [0.05, 0.1) is 6.04 Å². The number of amides is 1. The Morgan fingerprint density at radius 1 is 1.56 bits per heavy atom. The highest BCUT2D eigenvalue weighted by Crippen LogP contribution is 2.26. The lowest BCUT2D eigenvalue weighted by molar-refractivity contribution is -0.144. The number of nitrogens with two attached hydrogens (primary N) is 1. The van der Waals surface area contributed by atoms with Crippen LogP contribution in [0.4, 0.5) is 19.1 Å². The van der Waals surface area contributed by atoms with Gasteiger partial charge in [-0.2, -0.15) is 18.2 Å². The molecule has 0 aliphatic heterocycles. The second kappa shape index (κ2) is 5.12. The summed E-state index contributed by atoms with van der Waals surface area (Å²) in [6.45, 7) is 1.38. The van der Waals surface area contributed by atoms with Crippen LogP contribution in [0.2, 0.25) is 0 Å². The fourth-order valence-electron chi connectivity index (χ4n) is 0.669. The van der Waals surface area contributed by atoms with Crippen LogP contribution in [0, 0.1) is 0 Å². The second-order valence-electron chi connectivity index (χ2n) is 2.78. The van der Waals surface area contributed by atoms with E-state index in [0.717, 1.165) is 0 Å². The van der Waals surface area contributed by atoms with Gasteiger partial charge < -0.3 is 5.73 Å². The van der Waals surface area contributed by atoms with E-state index in [1.807, 2.05) is 5.32 Å². The number of anilines is 1. The van der Waals surface area contributed by atoms with Gasteiger partial charge in [0.15, 0.2) is 0 Å². The van der Waals surface area contributed by atoms with Crippen molar-refractivity contribution in [3.8, 4) is 0 Å². The molecule has 1 rings (SSSR count). The lowest BCUT2D eigenvalue weighted by Gasteiger charge is -2.02. The number of aromatic nitrogens is 3. The first-order chi connectivity index (χ1) is 6.80. The maximum Gasteiger partial charge on any atom is 0.451 e. The number of carbonyl (C=O) groups excluding carboxylic acids is 1. The van der Waals surface area contributed by atoms with Crippen LogP contribution < -0.4 is 11.1 Å². The third-order valence-electron chi connectivity index (χ3n) is 1.40. The van der Waals surface area contributed by atoms with Gasteiger partial charge in [-0.25, -0.2) is 0 Å². The van der Waals surface area contributed by atoms with E-state index in [4.69, 9.17) is 5.73 Å². The highest BCUT2D eigenvalue weighted by atomic mass is 35.5. The minimum atomic E-state index is -4.62. The number of hydrogen-bond acceptors (Lipinski definition) is 4. The van der Waals surface area contributed by atoms with Crippen LogP contribution in [-0.2, 0) is 11.0 Å². The lowest BCUT2D eigenvalue weighted by atomic mass is 10.3. The van der Waals surface area contributed by atoms with Crippen molar-refractivity contribution in [1.29, 1.82) is 0 Å². The van der Waals surface area contributed by atoms with Gasteiger partial charge in [-0.05, 0) is 6.92 Å². The van der Waals surface area contributed by atoms with Crippen molar-refractivity contribution in [2.45, 2.75) is 19.1 Å². The summed E-state index contributed by atoms with van der Waals surface area (Å²) < 4.78 is 36.1. The summed E-state index contributed by atoms with van der Waals surface area (Å²) in [4.78, 5) is 14.0. The molecule has 92 valence electrons. The highest BCUT2D eigenvalue weighted by molar-refractivity contribution is 5.92. The van der Waals surface area contributed by atoms with Gasteiger partial charge in [-0.1, -0.05) is 0 Å². The van der Waals surface area contributed by atoms with Crippen molar-refractivity contribution < 1.29 is 18.0 Å². The Balaban J connectivity index is 0.00000225. The fourth-order valence-corrected chi connectivity index (χ4v) is 0.669. The predicted octanol–water partition coefficient (Wildman–Crippen LogP) is 0.531. The van der Waals surface area contributed by atoms with E-state index in [1.165, 1.54) is 6.92 Å². The van der Waals surface area contributed by atoms with Gasteiger partial charge in [0.25, 0.3) is 0 Å². The number of halogens is 4. The van der Waals surface area contributed by atoms with E-state index in [9.17, 15) is 18.0 Å². The molecule has 16 heavy (non-hydrogen) atoms. The molecule has 0 bridgehead atoms. The van der Waals surface area contributed by atoms with E-state index < -0.39 is 29.9 Å². The van der Waals surface area contributed by atoms with Crippen molar-refractivity contribution in [2.75, 3.05) is 5.32 Å². The summed E-state index contributed by atoms with van der Waals surface area (Å²) in [5.41, 5.74) is 5.18. The predicted molar refractivity (Wildman–Crippen MR) is 50.9 cm³/mol. The number of hydrogen-bond donors (Lipinski definition) is 3. The number of nitrogens with one attached hydrogen (secondary N) is 2. The fraction of sp³-hybridized carbons (Fsp3) is 0.500. The van der Waals surface area contributed by atoms with Crippen molar-refractivity contribution in [3.05, 3.63) is 5.82 Å². The summed E-state index contributed by atoms with van der Waals surface area (Å²) in [5.74, 6) is -2.39. The topological polar surface area (TPSA) is 96.7 Å². The van der Waals surface area contributed by atoms with Crippen LogP contribution in [-0.4, -0.2) is 27.1 Å². The highest BCUT2D eigenvalue weighted by Gasteiger charge is 2.35. The molecule has 0 radical (unpaired) electrons. The average molecular weight is 260 g/mol. The Kier molecular flexibility index (Phi) is 4.69. The zero-order valence-electron chi connectivity index (χ0n) is 8.00. The first kappa shape index (κ1) is 14.6. The second-order valence-corrected chi connectivity index (χ2v) is 2.78. The standard InChI is InChI=1S/C6H8F3N5O.ClH/c1-2(10)3(15)11-5-12-4(13-14-5)6(7,8)9;/h2H,10H2,1H3,(H2,11,12,13,14,15);1H/t2-;/m1./s1. The van der Waals surface area contributed by atoms with Gasteiger partial charge in [0.1, 0.15) is 0 Å². The Labute approximate surface area is 94.2 Å². The summed E-state index contributed by atoms with van der Waals surface area (Å²) in [7, 11) is 0. The first-order valence-corrected chi connectivity index (χ1v) is 3.86. The maximum absolute atomic E-state index is 12.0. The van der Waals surface area contributed by atoms with Crippen molar-refractivity contribution in [3.63, 3.8) is 0 Å². The molecule has 0 aliphatic rings. The van der Waals surface area contributed by atoms with E-state index in [1.54, 1.807) is 5.10 Å². The van der Waals surface area contributed by atoms with Crippen LogP contribution in [0.3, 0.4) is 0 Å². The van der Waals surface area contributed by atoms with E-state index in [0.29, 0.717) is 0 Å². The molecule has 1 heterocycles. The molecular formula is C6H9ClF3N5O. The number of carbonyl (C=O) groups is 1. The van der Waals surface area contributed by atoms with Gasteiger partial charge in [-0.3, -0.25) is 15.2 Å². The largest absolute Gasteiger partial charge is 0.451 e. The minimum absolute atomic E-state index is 0. The molecule has 1 amide bonds. The summed E-state index contributed by atoms with van der Waals surface area (Å²) >= 11 is 0. The van der Waals surface area contributed by atoms with Crippen molar-refractivity contribution >= 4 is 24.3 Å². The molecule has 0 fully saturated rings. The van der Waals surface area contributed by atoms with Gasteiger partial charge in [0, 0.05) is 0 Å². The van der Waals surface area contributed by atoms with Crippen molar-refractivity contribution in [2.24, 2.45) is 5.73 Å². The van der Waals surface area contributed by atoms with Gasteiger partial charge in [-0.15, -0.1) is 17.5 Å². The zero-order valence-corrected chi connectivity index (χ0v) is 8.82. The number of aromatic amines is 1. The van der Waals surface area contributed by atoms with Gasteiger partial charge in [0.2, 0.25) is 17.7 Å². The average Bonchev–Trinajstić information content (AvgIpc) is 2.51. The number of H-pyrrole nitrogens is 1. The zero-order chi connectivity index (χ0) is 11.6. The van der Waals surface area contributed by atoms with E-state index >= 15 is 0 Å². The van der Waals surface area contributed by atoms with Crippen LogP contribution in [0.5, 0.6) is 0 Å². The lowest BCUT2D eigenvalue weighted by Crippen LogP contribution is -2.32. The molecule has 4 N–H and O–H groups in total. The quantitative estimate of drug-likeness (QED) is 0.722. The Hall–Kier alpha value is -1.35. The minimum Gasteiger partial charge on any atom is -0.320 e.